The number of ether oxygens (including phenoxy) is 1. The Kier molecular flexibility index (Phi) is 3.88. The maximum absolute atomic E-state index is 10.8. The van der Waals surface area contributed by atoms with Crippen LogP contribution in [-0.2, 0) is 14.3 Å². The Morgan fingerprint density at radius 2 is 2.09 bits per heavy atom. The molecule has 0 aliphatic carbocycles. The van der Waals surface area contributed by atoms with E-state index in [9.17, 15) is 9.59 Å². The summed E-state index contributed by atoms with van der Waals surface area (Å²) in [5, 5.41) is 0. The summed E-state index contributed by atoms with van der Waals surface area (Å²) in [5.41, 5.74) is -0.179. The van der Waals surface area contributed by atoms with Crippen LogP contribution in [0.15, 0.2) is 24.8 Å². The minimum Gasteiger partial charge on any atom is -0.462 e. The van der Waals surface area contributed by atoms with Gasteiger partial charge in [-0.1, -0.05) is 13.2 Å². The zero-order valence-electron chi connectivity index (χ0n) is 6.42. The van der Waals surface area contributed by atoms with E-state index in [2.05, 4.69) is 17.9 Å². The van der Waals surface area contributed by atoms with Crippen molar-refractivity contribution in [3.8, 4) is 0 Å². The zero-order chi connectivity index (χ0) is 8.85. The monoisotopic (exact) mass is 154 g/mol. The van der Waals surface area contributed by atoms with Gasteiger partial charge in [0, 0.05) is 0 Å². The van der Waals surface area contributed by atoms with Crippen LogP contribution >= 0.6 is 0 Å². The molecular formula is C8H10O3. The number of hydrogen-bond donors (Lipinski definition) is 0. The van der Waals surface area contributed by atoms with Gasteiger partial charge in [0.15, 0.2) is 5.78 Å². The summed E-state index contributed by atoms with van der Waals surface area (Å²) < 4.78 is 4.52. The van der Waals surface area contributed by atoms with Crippen LogP contribution in [0.4, 0.5) is 0 Å². The van der Waals surface area contributed by atoms with Crippen LogP contribution in [0.5, 0.6) is 0 Å². The van der Waals surface area contributed by atoms with E-state index in [4.69, 9.17) is 0 Å². The van der Waals surface area contributed by atoms with E-state index in [-0.39, 0.29) is 12.2 Å². The highest BCUT2D eigenvalue weighted by atomic mass is 16.5. The molecule has 0 spiro atoms. The number of esters is 1. The van der Waals surface area contributed by atoms with Crippen molar-refractivity contribution in [3.05, 3.63) is 24.8 Å². The van der Waals surface area contributed by atoms with Crippen molar-refractivity contribution in [2.24, 2.45) is 0 Å². The van der Waals surface area contributed by atoms with Gasteiger partial charge >= 0.3 is 5.97 Å². The van der Waals surface area contributed by atoms with E-state index in [0.29, 0.717) is 0 Å². The van der Waals surface area contributed by atoms with Crippen LogP contribution in [-0.4, -0.2) is 18.4 Å². The summed E-state index contributed by atoms with van der Waals surface area (Å²) >= 11 is 0. The second-order valence-electron chi connectivity index (χ2n) is 1.77. The van der Waals surface area contributed by atoms with Crippen molar-refractivity contribution >= 4 is 11.8 Å². The molecule has 0 unspecified atom stereocenters. The maximum atomic E-state index is 10.8. The fourth-order valence-corrected chi connectivity index (χ4v) is 0.442. The third kappa shape index (κ3) is 2.80. The summed E-state index contributed by atoms with van der Waals surface area (Å²) in [6.07, 6.45) is 1.03. The molecule has 0 fully saturated rings. The molecule has 60 valence electrons. The molecular weight excluding hydrogens is 144 g/mol. The lowest BCUT2D eigenvalue weighted by Crippen LogP contribution is -2.12. The van der Waals surface area contributed by atoms with Crippen molar-refractivity contribution in [2.75, 3.05) is 6.61 Å². The predicted molar refractivity (Wildman–Crippen MR) is 41.0 cm³/mol. The minimum absolute atomic E-state index is 0.179. The first kappa shape index (κ1) is 9.62. The largest absolute Gasteiger partial charge is 0.462 e. The fraction of sp³-hybridized carbons (Fsp3) is 0.250. The van der Waals surface area contributed by atoms with Gasteiger partial charge in [0.25, 0.3) is 0 Å². The topological polar surface area (TPSA) is 43.4 Å². The summed E-state index contributed by atoms with van der Waals surface area (Å²) in [7, 11) is 0. The van der Waals surface area contributed by atoms with Crippen molar-refractivity contribution < 1.29 is 14.3 Å². The molecule has 0 aliphatic rings. The first-order valence-corrected chi connectivity index (χ1v) is 3.16. The summed E-state index contributed by atoms with van der Waals surface area (Å²) in [6.45, 7) is 8.35. The first-order valence-electron chi connectivity index (χ1n) is 3.16. The van der Waals surface area contributed by atoms with Gasteiger partial charge in [0.05, 0.1) is 12.2 Å². The SMILES string of the molecule is C=CC(=O)C(=C)C(=O)OCC. The molecule has 0 N–H and O–H groups in total. The maximum Gasteiger partial charge on any atom is 0.341 e. The molecule has 0 rings (SSSR count). The van der Waals surface area contributed by atoms with E-state index >= 15 is 0 Å². The number of rotatable bonds is 4. The molecule has 0 atom stereocenters. The second kappa shape index (κ2) is 4.44. The molecule has 0 heterocycles. The van der Waals surface area contributed by atoms with Gasteiger partial charge in [-0.3, -0.25) is 4.79 Å². The van der Waals surface area contributed by atoms with Crippen molar-refractivity contribution in [1.82, 2.24) is 0 Å². The molecule has 0 aromatic carbocycles. The molecule has 3 heteroatoms. The molecule has 11 heavy (non-hydrogen) atoms. The molecule has 0 aliphatic heterocycles. The first-order chi connectivity index (χ1) is 5.13. The van der Waals surface area contributed by atoms with E-state index < -0.39 is 11.8 Å². The van der Waals surface area contributed by atoms with Gasteiger partial charge in [-0.15, -0.1) is 0 Å². The van der Waals surface area contributed by atoms with Crippen molar-refractivity contribution in [1.29, 1.82) is 0 Å². The Labute approximate surface area is 65.4 Å². The number of allylic oxidation sites excluding steroid dienone is 1. The van der Waals surface area contributed by atoms with E-state index in [0.717, 1.165) is 6.08 Å². The van der Waals surface area contributed by atoms with Crippen LogP contribution in [0, 0.1) is 0 Å². The van der Waals surface area contributed by atoms with Crippen molar-refractivity contribution in [2.45, 2.75) is 6.92 Å². The van der Waals surface area contributed by atoms with Gasteiger partial charge < -0.3 is 4.74 Å². The Balaban J connectivity index is 4.13. The van der Waals surface area contributed by atoms with Crippen LogP contribution < -0.4 is 0 Å². The third-order valence-corrected chi connectivity index (χ3v) is 1.00. The van der Waals surface area contributed by atoms with Gasteiger partial charge in [-0.2, -0.15) is 0 Å². The summed E-state index contributed by atoms with van der Waals surface area (Å²) in [4.78, 5) is 21.5. The quantitative estimate of drug-likeness (QED) is 0.261. The molecule has 0 saturated heterocycles. The lowest BCUT2D eigenvalue weighted by molar-refractivity contribution is -0.139. The van der Waals surface area contributed by atoms with Crippen LogP contribution in [0.25, 0.3) is 0 Å². The second-order valence-corrected chi connectivity index (χ2v) is 1.77. The zero-order valence-corrected chi connectivity index (χ0v) is 6.42. The number of hydrogen-bond acceptors (Lipinski definition) is 3. The summed E-state index contributed by atoms with van der Waals surface area (Å²) in [5.74, 6) is -1.18. The predicted octanol–water partition coefficient (Wildman–Crippen LogP) is 0.861. The molecule has 0 aromatic rings. The normalized spacial score (nSPS) is 8.45. The van der Waals surface area contributed by atoms with Crippen LogP contribution in [0.1, 0.15) is 6.92 Å². The summed E-state index contributed by atoms with van der Waals surface area (Å²) in [6, 6.07) is 0. The van der Waals surface area contributed by atoms with Gasteiger partial charge in [0.1, 0.15) is 0 Å². The smallest absolute Gasteiger partial charge is 0.341 e. The molecule has 0 aromatic heterocycles. The van der Waals surface area contributed by atoms with Crippen molar-refractivity contribution in [3.63, 3.8) is 0 Å². The lowest BCUT2D eigenvalue weighted by Gasteiger charge is -1.99. The number of ketones is 1. The van der Waals surface area contributed by atoms with E-state index in [1.54, 1.807) is 6.92 Å². The van der Waals surface area contributed by atoms with E-state index in [1.165, 1.54) is 0 Å². The molecule has 0 radical (unpaired) electrons. The lowest BCUT2D eigenvalue weighted by atomic mass is 10.2. The number of carbonyl (C=O) groups is 2. The standard InChI is InChI=1S/C8H10O3/c1-4-7(9)6(3)8(10)11-5-2/h4H,1,3,5H2,2H3. The van der Waals surface area contributed by atoms with E-state index in [1.807, 2.05) is 0 Å². The van der Waals surface area contributed by atoms with Gasteiger partial charge in [-0.05, 0) is 13.0 Å². The Bertz CT molecular complexity index is 203. The van der Waals surface area contributed by atoms with Crippen LogP contribution in [0.2, 0.25) is 0 Å². The molecule has 3 nitrogen and oxygen atoms in total. The highest BCUT2D eigenvalue weighted by molar-refractivity contribution is 6.20. The minimum atomic E-state index is -0.683. The van der Waals surface area contributed by atoms with Crippen LogP contribution in [0.3, 0.4) is 0 Å². The fourth-order valence-electron chi connectivity index (χ4n) is 0.442. The average molecular weight is 154 g/mol. The average Bonchev–Trinajstić information content (AvgIpc) is 2.02. The Hall–Kier alpha value is -1.38. The van der Waals surface area contributed by atoms with Gasteiger partial charge in [-0.25, -0.2) is 4.79 Å². The molecule has 0 bridgehead atoms. The highest BCUT2D eigenvalue weighted by Crippen LogP contribution is 1.96. The Morgan fingerprint density at radius 1 is 1.55 bits per heavy atom. The molecule has 0 saturated carbocycles. The van der Waals surface area contributed by atoms with Gasteiger partial charge in [0.2, 0.25) is 0 Å². The Morgan fingerprint density at radius 3 is 2.45 bits per heavy atom. The highest BCUT2D eigenvalue weighted by Gasteiger charge is 2.12. The molecule has 0 amide bonds. The third-order valence-electron chi connectivity index (χ3n) is 1.00. The number of carbonyl (C=O) groups excluding carboxylic acids is 2.